The van der Waals surface area contributed by atoms with Crippen molar-refractivity contribution in [1.82, 2.24) is 19.4 Å². The second-order valence-electron chi connectivity index (χ2n) is 5.75. The van der Waals surface area contributed by atoms with Crippen LogP contribution in [0.25, 0.3) is 0 Å². The molecular weight excluding hydrogens is 228 g/mol. The van der Waals surface area contributed by atoms with Crippen LogP contribution in [0.15, 0.2) is 12.5 Å². The van der Waals surface area contributed by atoms with Crippen LogP contribution in [-0.4, -0.2) is 51.9 Å². The van der Waals surface area contributed by atoms with Gasteiger partial charge in [0.2, 0.25) is 5.91 Å². The molecule has 1 atom stereocenters. The number of likely N-dealkylation sites (tertiary alicyclic amines) is 2. The minimum Gasteiger partial charge on any atom is -0.344 e. The summed E-state index contributed by atoms with van der Waals surface area (Å²) in [7, 11) is 3.91. The number of amides is 1. The van der Waals surface area contributed by atoms with E-state index in [1.807, 2.05) is 31.5 Å². The Morgan fingerprint density at radius 3 is 2.83 bits per heavy atom. The number of hydrogen-bond donors (Lipinski definition) is 0. The highest BCUT2D eigenvalue weighted by Gasteiger charge is 2.52. The van der Waals surface area contributed by atoms with Gasteiger partial charge in [-0.25, -0.2) is 4.98 Å². The number of rotatable bonds is 2. The number of carbonyl (C=O) groups excluding carboxylic acids is 1. The smallest absolute Gasteiger partial charge is 0.231 e. The van der Waals surface area contributed by atoms with Gasteiger partial charge in [-0.15, -0.1) is 0 Å². The zero-order valence-corrected chi connectivity index (χ0v) is 11.1. The molecule has 1 aromatic rings. The van der Waals surface area contributed by atoms with Crippen LogP contribution in [0.1, 0.15) is 18.5 Å². The Morgan fingerprint density at radius 2 is 2.22 bits per heavy atom. The molecule has 0 saturated carbocycles. The highest BCUT2D eigenvalue weighted by Crippen LogP contribution is 2.39. The van der Waals surface area contributed by atoms with Gasteiger partial charge in [0.05, 0.1) is 17.4 Å². The van der Waals surface area contributed by atoms with E-state index in [1.165, 1.54) is 5.69 Å². The molecule has 2 aliphatic heterocycles. The first-order valence-corrected chi connectivity index (χ1v) is 6.54. The second-order valence-corrected chi connectivity index (χ2v) is 5.75. The second kappa shape index (κ2) is 4.09. The fourth-order valence-electron chi connectivity index (χ4n) is 3.34. The van der Waals surface area contributed by atoms with Gasteiger partial charge in [0.25, 0.3) is 0 Å². The molecule has 18 heavy (non-hydrogen) atoms. The Kier molecular flexibility index (Phi) is 2.66. The molecule has 0 aromatic carbocycles. The first-order valence-electron chi connectivity index (χ1n) is 6.54. The minimum absolute atomic E-state index is 0.0778. The summed E-state index contributed by atoms with van der Waals surface area (Å²) in [4.78, 5) is 20.4. The minimum atomic E-state index is -0.0778. The van der Waals surface area contributed by atoms with Gasteiger partial charge in [-0.3, -0.25) is 9.69 Å². The molecule has 0 N–H and O–H groups in total. The van der Waals surface area contributed by atoms with Gasteiger partial charge in [-0.05, 0) is 19.4 Å². The molecule has 3 heterocycles. The number of aryl methyl sites for hydroxylation is 1. The number of aromatic nitrogens is 2. The van der Waals surface area contributed by atoms with Crippen molar-refractivity contribution in [3.05, 3.63) is 18.2 Å². The summed E-state index contributed by atoms with van der Waals surface area (Å²) >= 11 is 0. The third-order valence-corrected chi connectivity index (χ3v) is 4.30. The molecule has 0 radical (unpaired) electrons. The molecule has 1 amide bonds. The lowest BCUT2D eigenvalue weighted by Gasteiger charge is -2.52. The van der Waals surface area contributed by atoms with Crippen molar-refractivity contribution in [2.75, 3.05) is 26.7 Å². The molecule has 0 bridgehead atoms. The van der Waals surface area contributed by atoms with Crippen LogP contribution in [0.4, 0.5) is 0 Å². The fourth-order valence-corrected chi connectivity index (χ4v) is 3.34. The average molecular weight is 248 g/mol. The van der Waals surface area contributed by atoms with E-state index in [4.69, 9.17) is 0 Å². The summed E-state index contributed by atoms with van der Waals surface area (Å²) in [5.41, 5.74) is 1.14. The molecule has 1 unspecified atom stereocenters. The Balaban J connectivity index is 1.68. The highest BCUT2D eigenvalue weighted by atomic mass is 16.2. The summed E-state index contributed by atoms with van der Waals surface area (Å²) in [5, 5.41) is 0. The molecule has 2 aliphatic rings. The summed E-state index contributed by atoms with van der Waals surface area (Å²) in [6.07, 6.45) is 5.92. The molecule has 1 spiro atoms. The zero-order valence-electron chi connectivity index (χ0n) is 11.1. The van der Waals surface area contributed by atoms with Crippen molar-refractivity contribution >= 4 is 5.91 Å². The number of nitrogens with zero attached hydrogens (tertiary/aromatic N) is 4. The lowest BCUT2D eigenvalue weighted by Crippen LogP contribution is -2.65. The predicted molar refractivity (Wildman–Crippen MR) is 67.8 cm³/mol. The number of carbonyl (C=O) groups is 1. The van der Waals surface area contributed by atoms with Crippen molar-refractivity contribution in [3.8, 4) is 0 Å². The van der Waals surface area contributed by atoms with Gasteiger partial charge >= 0.3 is 0 Å². The molecular formula is C13H20N4O. The van der Waals surface area contributed by atoms with Crippen molar-refractivity contribution in [2.45, 2.75) is 19.4 Å². The van der Waals surface area contributed by atoms with E-state index in [1.54, 1.807) is 0 Å². The van der Waals surface area contributed by atoms with Gasteiger partial charge in [-0.1, -0.05) is 0 Å². The predicted octanol–water partition coefficient (Wildman–Crippen LogP) is 0.474. The summed E-state index contributed by atoms with van der Waals surface area (Å²) in [6, 6.07) is 0. The molecule has 0 aliphatic carbocycles. The van der Waals surface area contributed by atoms with Crippen molar-refractivity contribution < 1.29 is 4.79 Å². The Bertz CT molecular complexity index is 465. The van der Waals surface area contributed by atoms with E-state index in [0.29, 0.717) is 5.91 Å². The maximum absolute atomic E-state index is 12.0. The van der Waals surface area contributed by atoms with Crippen LogP contribution in [0.3, 0.4) is 0 Å². The van der Waals surface area contributed by atoms with Crippen LogP contribution >= 0.6 is 0 Å². The van der Waals surface area contributed by atoms with Gasteiger partial charge in [0.1, 0.15) is 0 Å². The molecule has 1 aromatic heterocycles. The van der Waals surface area contributed by atoms with E-state index in [9.17, 15) is 4.79 Å². The van der Waals surface area contributed by atoms with Crippen LogP contribution < -0.4 is 0 Å². The Hall–Kier alpha value is -1.36. The standard InChI is InChI=1S/C13H20N4O/c1-15-8-13(12(15)18)4-3-5-17(9-13)7-11-6-14-10-16(11)2/h6,10H,3-5,7-9H2,1-2H3. The summed E-state index contributed by atoms with van der Waals surface area (Å²) < 4.78 is 2.05. The number of hydrogen-bond acceptors (Lipinski definition) is 3. The van der Waals surface area contributed by atoms with Crippen molar-refractivity contribution in [3.63, 3.8) is 0 Å². The SMILES string of the molecule is CN1CC2(CCCN(Cc3cncn3C)C2)C1=O. The van der Waals surface area contributed by atoms with E-state index in [2.05, 4.69) is 14.5 Å². The van der Waals surface area contributed by atoms with E-state index in [-0.39, 0.29) is 5.41 Å². The first-order chi connectivity index (χ1) is 8.61. The number of piperidine rings is 1. The topological polar surface area (TPSA) is 41.4 Å². The zero-order chi connectivity index (χ0) is 12.8. The molecule has 5 nitrogen and oxygen atoms in total. The lowest BCUT2D eigenvalue weighted by atomic mass is 9.72. The maximum Gasteiger partial charge on any atom is 0.231 e. The van der Waals surface area contributed by atoms with Crippen LogP contribution in [0, 0.1) is 5.41 Å². The molecule has 3 rings (SSSR count). The molecule has 2 fully saturated rings. The third kappa shape index (κ3) is 1.73. The normalized spacial score (nSPS) is 28.8. The van der Waals surface area contributed by atoms with Gasteiger partial charge in [0.15, 0.2) is 0 Å². The van der Waals surface area contributed by atoms with Gasteiger partial charge in [-0.2, -0.15) is 0 Å². The number of β-lactam (4-membered cyclic amide) rings is 1. The molecule has 5 heteroatoms. The number of imidazole rings is 1. The summed E-state index contributed by atoms with van der Waals surface area (Å²) in [5.74, 6) is 0.331. The quantitative estimate of drug-likeness (QED) is 0.715. The average Bonchev–Trinajstić information content (AvgIpc) is 2.75. The van der Waals surface area contributed by atoms with Crippen LogP contribution in [0.5, 0.6) is 0 Å². The van der Waals surface area contributed by atoms with E-state index in [0.717, 1.165) is 39.0 Å². The monoisotopic (exact) mass is 248 g/mol. The molecule has 98 valence electrons. The Morgan fingerprint density at radius 1 is 1.39 bits per heavy atom. The third-order valence-electron chi connectivity index (χ3n) is 4.30. The van der Waals surface area contributed by atoms with Crippen molar-refractivity contribution in [2.24, 2.45) is 12.5 Å². The van der Waals surface area contributed by atoms with Gasteiger partial charge < -0.3 is 9.47 Å². The van der Waals surface area contributed by atoms with E-state index >= 15 is 0 Å². The maximum atomic E-state index is 12.0. The fraction of sp³-hybridized carbons (Fsp3) is 0.692. The van der Waals surface area contributed by atoms with Crippen LogP contribution in [-0.2, 0) is 18.4 Å². The van der Waals surface area contributed by atoms with Gasteiger partial charge in [0, 0.05) is 39.9 Å². The van der Waals surface area contributed by atoms with Crippen molar-refractivity contribution in [1.29, 1.82) is 0 Å². The van der Waals surface area contributed by atoms with Crippen LogP contribution in [0.2, 0.25) is 0 Å². The largest absolute Gasteiger partial charge is 0.344 e. The lowest BCUT2D eigenvalue weighted by molar-refractivity contribution is -0.163. The Labute approximate surface area is 107 Å². The van der Waals surface area contributed by atoms with E-state index < -0.39 is 0 Å². The molecule has 2 saturated heterocycles. The highest BCUT2D eigenvalue weighted by molar-refractivity contribution is 5.88. The first kappa shape index (κ1) is 11.7. The summed E-state index contributed by atoms with van der Waals surface area (Å²) in [6.45, 7) is 3.81.